The lowest BCUT2D eigenvalue weighted by Gasteiger charge is -2.36. The molecule has 2 aromatic carbocycles. The Balaban J connectivity index is 0.000000138. The van der Waals surface area contributed by atoms with Crippen LogP contribution in [0.2, 0.25) is 0 Å². The summed E-state index contributed by atoms with van der Waals surface area (Å²) in [6, 6.07) is 17.1. The molecule has 0 aromatic heterocycles. The Kier molecular flexibility index (Phi) is 4.26. The molecule has 2 heteroatoms. The molecule has 1 fully saturated rings. The first-order chi connectivity index (χ1) is 11.7. The smallest absolute Gasteiger partial charge is 0.156 e. The molecule has 24 heavy (non-hydrogen) atoms. The van der Waals surface area contributed by atoms with Crippen molar-refractivity contribution in [3.05, 3.63) is 76.9 Å². The number of allylic oxidation sites excluding steroid dienone is 1. The van der Waals surface area contributed by atoms with Crippen molar-refractivity contribution in [2.24, 2.45) is 5.92 Å². The van der Waals surface area contributed by atoms with E-state index in [9.17, 15) is 0 Å². The van der Waals surface area contributed by atoms with Crippen LogP contribution in [0.15, 0.2) is 54.6 Å². The predicted octanol–water partition coefficient (Wildman–Crippen LogP) is 4.94. The maximum atomic E-state index is 5.88. The van der Waals surface area contributed by atoms with Crippen molar-refractivity contribution in [2.75, 3.05) is 0 Å². The van der Waals surface area contributed by atoms with Crippen molar-refractivity contribution >= 4 is 6.08 Å². The Labute approximate surface area is 144 Å². The van der Waals surface area contributed by atoms with Gasteiger partial charge in [-0.25, -0.2) is 0 Å². The molecule has 0 spiro atoms. The Morgan fingerprint density at radius 1 is 0.875 bits per heavy atom. The Morgan fingerprint density at radius 2 is 1.62 bits per heavy atom. The predicted molar refractivity (Wildman–Crippen MR) is 96.7 cm³/mol. The highest BCUT2D eigenvalue weighted by Crippen LogP contribution is 2.44. The third-order valence-electron chi connectivity index (χ3n) is 5.24. The van der Waals surface area contributed by atoms with Crippen molar-refractivity contribution in [1.29, 1.82) is 0 Å². The number of rotatable bonds is 0. The number of hydrogen-bond acceptors (Lipinski definition) is 2. The maximum Gasteiger partial charge on any atom is 0.156 e. The van der Waals surface area contributed by atoms with Gasteiger partial charge in [0.1, 0.15) is 0 Å². The zero-order valence-electron chi connectivity index (χ0n) is 14.3. The van der Waals surface area contributed by atoms with E-state index in [0.29, 0.717) is 12.0 Å². The zero-order valence-corrected chi connectivity index (χ0v) is 14.3. The maximum absolute atomic E-state index is 5.88. The molecular formula is C22H24O2. The van der Waals surface area contributed by atoms with E-state index in [1.165, 1.54) is 22.3 Å². The summed E-state index contributed by atoms with van der Waals surface area (Å²) in [7, 11) is 0. The third kappa shape index (κ3) is 2.92. The minimum Gasteiger partial charge on any atom is -0.350 e. The molecule has 3 aliphatic rings. The van der Waals surface area contributed by atoms with Gasteiger partial charge >= 0.3 is 0 Å². The van der Waals surface area contributed by atoms with E-state index in [2.05, 4.69) is 67.6 Å². The molecule has 2 nitrogen and oxygen atoms in total. The largest absolute Gasteiger partial charge is 0.350 e. The average Bonchev–Trinajstić information content (AvgIpc) is 3.20. The summed E-state index contributed by atoms with van der Waals surface area (Å²) >= 11 is 0. The van der Waals surface area contributed by atoms with Crippen LogP contribution in [0, 0.1) is 5.92 Å². The molecule has 0 saturated carbocycles. The molecule has 0 bridgehead atoms. The van der Waals surface area contributed by atoms with E-state index in [-0.39, 0.29) is 12.4 Å². The fourth-order valence-corrected chi connectivity index (χ4v) is 4.01. The molecule has 2 aromatic rings. The lowest BCUT2D eigenvalue weighted by molar-refractivity contribution is -0.254. The monoisotopic (exact) mass is 320 g/mol. The second kappa shape index (κ2) is 6.54. The van der Waals surface area contributed by atoms with Crippen molar-refractivity contribution in [2.45, 2.75) is 45.2 Å². The molecule has 5 rings (SSSR count). The van der Waals surface area contributed by atoms with Crippen molar-refractivity contribution < 1.29 is 9.47 Å². The van der Waals surface area contributed by atoms with Gasteiger partial charge in [0.15, 0.2) is 6.29 Å². The van der Waals surface area contributed by atoms with Gasteiger partial charge in [0.25, 0.3) is 0 Å². The van der Waals surface area contributed by atoms with Crippen LogP contribution in [-0.2, 0) is 22.3 Å². The molecule has 1 heterocycles. The molecule has 2 aliphatic carbocycles. The standard InChI is InChI=1S/C13H16O2.C9H8/c1-8-12-7-10-5-3-4-6-11(10)13(12)15-9(2)14-8;1-2-5-9-7-3-6-8(9)4-1/h3-6,8-9,12-13H,7H2,1-2H3;1-6H,7H2. The summed E-state index contributed by atoms with van der Waals surface area (Å²) in [6.45, 7) is 4.14. The second-order valence-corrected chi connectivity index (χ2v) is 6.84. The average molecular weight is 320 g/mol. The first kappa shape index (κ1) is 15.6. The summed E-state index contributed by atoms with van der Waals surface area (Å²) < 4.78 is 11.6. The topological polar surface area (TPSA) is 18.5 Å². The van der Waals surface area contributed by atoms with E-state index >= 15 is 0 Å². The van der Waals surface area contributed by atoms with Gasteiger partial charge in [-0.3, -0.25) is 0 Å². The van der Waals surface area contributed by atoms with Crippen LogP contribution in [0.5, 0.6) is 0 Å². The Bertz CT molecular complexity index is 749. The molecule has 4 unspecified atom stereocenters. The zero-order chi connectivity index (χ0) is 16.5. The van der Waals surface area contributed by atoms with Crippen LogP contribution in [-0.4, -0.2) is 12.4 Å². The minimum absolute atomic E-state index is 0.0765. The first-order valence-electron chi connectivity index (χ1n) is 8.85. The fourth-order valence-electron chi connectivity index (χ4n) is 4.01. The Hall–Kier alpha value is -1.90. The van der Waals surface area contributed by atoms with Gasteiger partial charge in [-0.2, -0.15) is 0 Å². The molecule has 124 valence electrons. The van der Waals surface area contributed by atoms with Gasteiger partial charge in [-0.05, 0) is 48.9 Å². The van der Waals surface area contributed by atoms with Crippen LogP contribution >= 0.6 is 0 Å². The summed E-state index contributed by atoms with van der Waals surface area (Å²) in [5.41, 5.74) is 5.64. The normalized spacial score (nSPS) is 29.2. The number of ether oxygens (including phenoxy) is 2. The molecule has 0 N–H and O–H groups in total. The van der Waals surface area contributed by atoms with Gasteiger partial charge in [0, 0.05) is 5.92 Å². The van der Waals surface area contributed by atoms with Crippen molar-refractivity contribution in [3.8, 4) is 0 Å². The lowest BCUT2D eigenvalue weighted by atomic mass is 9.96. The van der Waals surface area contributed by atoms with Gasteiger partial charge in [-0.1, -0.05) is 60.7 Å². The quantitative estimate of drug-likeness (QED) is 0.684. The van der Waals surface area contributed by atoms with Crippen LogP contribution in [0.4, 0.5) is 0 Å². The van der Waals surface area contributed by atoms with E-state index < -0.39 is 0 Å². The highest BCUT2D eigenvalue weighted by molar-refractivity contribution is 5.59. The Morgan fingerprint density at radius 3 is 2.46 bits per heavy atom. The van der Waals surface area contributed by atoms with Gasteiger partial charge < -0.3 is 9.47 Å². The molecule has 1 aliphatic heterocycles. The van der Waals surface area contributed by atoms with E-state index in [1.807, 2.05) is 6.92 Å². The lowest BCUT2D eigenvalue weighted by Crippen LogP contribution is -2.37. The molecule has 0 amide bonds. The summed E-state index contributed by atoms with van der Waals surface area (Å²) in [5, 5.41) is 0. The summed E-state index contributed by atoms with van der Waals surface area (Å²) in [6.07, 6.45) is 7.06. The van der Waals surface area contributed by atoms with Crippen molar-refractivity contribution in [1.82, 2.24) is 0 Å². The number of hydrogen-bond donors (Lipinski definition) is 0. The molecular weight excluding hydrogens is 296 g/mol. The third-order valence-corrected chi connectivity index (χ3v) is 5.24. The summed E-state index contributed by atoms with van der Waals surface area (Å²) in [5.74, 6) is 0.499. The van der Waals surface area contributed by atoms with Gasteiger partial charge in [0.2, 0.25) is 0 Å². The minimum atomic E-state index is -0.0765. The molecule has 1 saturated heterocycles. The van der Waals surface area contributed by atoms with E-state index in [4.69, 9.17) is 9.47 Å². The first-order valence-corrected chi connectivity index (χ1v) is 8.85. The second-order valence-electron chi connectivity index (χ2n) is 6.84. The molecule has 4 atom stereocenters. The summed E-state index contributed by atoms with van der Waals surface area (Å²) in [4.78, 5) is 0. The fraction of sp³-hybridized carbons (Fsp3) is 0.364. The highest BCUT2D eigenvalue weighted by atomic mass is 16.7. The number of benzene rings is 2. The van der Waals surface area contributed by atoms with Crippen LogP contribution in [0.25, 0.3) is 6.08 Å². The number of fused-ring (bicyclic) bond motifs is 4. The van der Waals surface area contributed by atoms with Gasteiger partial charge in [-0.15, -0.1) is 0 Å². The van der Waals surface area contributed by atoms with Crippen LogP contribution in [0.1, 0.15) is 42.2 Å². The van der Waals surface area contributed by atoms with Crippen molar-refractivity contribution in [3.63, 3.8) is 0 Å². The van der Waals surface area contributed by atoms with Crippen LogP contribution < -0.4 is 0 Å². The van der Waals surface area contributed by atoms with E-state index in [0.717, 1.165) is 12.8 Å². The highest BCUT2D eigenvalue weighted by Gasteiger charge is 2.41. The van der Waals surface area contributed by atoms with Crippen LogP contribution in [0.3, 0.4) is 0 Å². The van der Waals surface area contributed by atoms with E-state index in [1.54, 1.807) is 0 Å². The van der Waals surface area contributed by atoms with Gasteiger partial charge in [0.05, 0.1) is 12.2 Å². The SMILES string of the molecule is C1=Cc2ccccc2C1.CC1OC(C)C2Cc3ccccc3C2O1. The molecule has 0 radical (unpaired) electrons.